The van der Waals surface area contributed by atoms with E-state index in [1.165, 1.54) is 14.2 Å². The number of methoxy groups -OCH3 is 3. The standard InChI is InChI=1S/C12H15ClO4/c1-7-5-10(16-3)8(6-9(7)15-2)11(13)12(14)17-4/h5-6,11H,1-4H3. The van der Waals surface area contributed by atoms with E-state index < -0.39 is 11.3 Å². The van der Waals surface area contributed by atoms with Crippen LogP contribution in [0.4, 0.5) is 0 Å². The van der Waals surface area contributed by atoms with Crippen LogP contribution in [0.5, 0.6) is 11.5 Å². The van der Waals surface area contributed by atoms with Crippen LogP contribution < -0.4 is 9.47 Å². The fourth-order valence-electron chi connectivity index (χ4n) is 1.50. The third-order valence-electron chi connectivity index (χ3n) is 2.43. The molecule has 1 rings (SSSR count). The summed E-state index contributed by atoms with van der Waals surface area (Å²) in [5.41, 5.74) is 1.44. The summed E-state index contributed by atoms with van der Waals surface area (Å²) in [5, 5.41) is -0.913. The molecule has 0 aliphatic rings. The van der Waals surface area contributed by atoms with Crippen LogP contribution in [0.2, 0.25) is 0 Å². The van der Waals surface area contributed by atoms with Gasteiger partial charge in [-0.25, -0.2) is 0 Å². The van der Waals surface area contributed by atoms with Crippen molar-refractivity contribution in [2.45, 2.75) is 12.3 Å². The van der Waals surface area contributed by atoms with Crippen LogP contribution in [0.3, 0.4) is 0 Å². The summed E-state index contributed by atoms with van der Waals surface area (Å²) in [4.78, 5) is 11.4. The lowest BCUT2D eigenvalue weighted by atomic mass is 10.1. The normalized spacial score (nSPS) is 11.8. The number of halogens is 1. The molecule has 0 heterocycles. The highest BCUT2D eigenvalue weighted by molar-refractivity contribution is 6.30. The maximum atomic E-state index is 11.4. The summed E-state index contributed by atoms with van der Waals surface area (Å²) in [5.74, 6) is 0.653. The number of hydrogen-bond acceptors (Lipinski definition) is 4. The van der Waals surface area contributed by atoms with Crippen molar-refractivity contribution in [3.63, 3.8) is 0 Å². The van der Waals surface area contributed by atoms with Gasteiger partial charge >= 0.3 is 5.97 Å². The van der Waals surface area contributed by atoms with Crippen LogP contribution in [0, 0.1) is 6.92 Å². The van der Waals surface area contributed by atoms with Crippen molar-refractivity contribution in [1.29, 1.82) is 0 Å². The van der Waals surface area contributed by atoms with Gasteiger partial charge in [0, 0.05) is 5.56 Å². The fraction of sp³-hybridized carbons (Fsp3) is 0.417. The van der Waals surface area contributed by atoms with Gasteiger partial charge in [-0.15, -0.1) is 11.6 Å². The summed E-state index contributed by atoms with van der Waals surface area (Å²) in [6, 6.07) is 3.45. The molecule has 94 valence electrons. The van der Waals surface area contributed by atoms with Gasteiger partial charge in [0.25, 0.3) is 0 Å². The molecule has 1 aromatic rings. The van der Waals surface area contributed by atoms with Gasteiger partial charge in [-0.05, 0) is 24.6 Å². The molecule has 0 fully saturated rings. The molecule has 0 radical (unpaired) electrons. The zero-order chi connectivity index (χ0) is 13.0. The van der Waals surface area contributed by atoms with E-state index in [0.29, 0.717) is 17.1 Å². The number of benzene rings is 1. The van der Waals surface area contributed by atoms with E-state index >= 15 is 0 Å². The summed E-state index contributed by atoms with van der Waals surface area (Å²) in [6.45, 7) is 1.88. The van der Waals surface area contributed by atoms with Gasteiger partial charge in [0.15, 0.2) is 5.38 Å². The van der Waals surface area contributed by atoms with E-state index in [1.807, 2.05) is 6.92 Å². The SMILES string of the molecule is COC(=O)C(Cl)c1cc(OC)c(C)cc1OC. The smallest absolute Gasteiger partial charge is 0.328 e. The lowest BCUT2D eigenvalue weighted by Crippen LogP contribution is -2.10. The minimum absolute atomic E-state index is 0.531. The zero-order valence-electron chi connectivity index (χ0n) is 10.2. The number of hydrogen-bond donors (Lipinski definition) is 0. The molecule has 4 nitrogen and oxygen atoms in total. The molecule has 0 saturated carbocycles. The molecule has 1 atom stereocenters. The van der Waals surface area contributed by atoms with Crippen LogP contribution in [0.1, 0.15) is 16.5 Å². The molecule has 0 amide bonds. The lowest BCUT2D eigenvalue weighted by molar-refractivity contribution is -0.140. The Balaban J connectivity index is 3.25. The van der Waals surface area contributed by atoms with Gasteiger partial charge in [0.05, 0.1) is 21.3 Å². The van der Waals surface area contributed by atoms with Crippen LogP contribution in [-0.2, 0) is 9.53 Å². The maximum absolute atomic E-state index is 11.4. The maximum Gasteiger partial charge on any atom is 0.328 e. The second kappa shape index (κ2) is 5.77. The molecule has 0 spiro atoms. The third kappa shape index (κ3) is 2.82. The summed E-state index contributed by atoms with van der Waals surface area (Å²) >= 11 is 6.01. The molecule has 0 saturated heterocycles. The quantitative estimate of drug-likeness (QED) is 0.615. The van der Waals surface area contributed by atoms with Gasteiger partial charge in [-0.3, -0.25) is 4.79 Å². The van der Waals surface area contributed by atoms with Crippen LogP contribution >= 0.6 is 11.6 Å². The van der Waals surface area contributed by atoms with Crippen molar-refractivity contribution in [2.24, 2.45) is 0 Å². The molecular weight excluding hydrogens is 244 g/mol. The van der Waals surface area contributed by atoms with E-state index in [9.17, 15) is 4.79 Å². The van der Waals surface area contributed by atoms with Crippen molar-refractivity contribution < 1.29 is 19.0 Å². The van der Waals surface area contributed by atoms with Gasteiger partial charge in [0.2, 0.25) is 0 Å². The van der Waals surface area contributed by atoms with Crippen LogP contribution in [-0.4, -0.2) is 27.3 Å². The molecule has 5 heteroatoms. The first-order valence-corrected chi connectivity index (χ1v) is 5.43. The lowest BCUT2D eigenvalue weighted by Gasteiger charge is -2.15. The number of carbonyl (C=O) groups is 1. The molecule has 0 aliphatic heterocycles. The van der Waals surface area contributed by atoms with Gasteiger partial charge in [-0.1, -0.05) is 0 Å². The first-order valence-electron chi connectivity index (χ1n) is 4.99. The predicted molar refractivity (Wildman–Crippen MR) is 64.9 cm³/mol. The number of ether oxygens (including phenoxy) is 3. The fourth-order valence-corrected chi connectivity index (χ4v) is 1.76. The Morgan fingerprint density at radius 2 is 1.76 bits per heavy atom. The van der Waals surface area contributed by atoms with Crippen molar-refractivity contribution in [3.05, 3.63) is 23.3 Å². The van der Waals surface area contributed by atoms with Gasteiger partial charge in [-0.2, -0.15) is 0 Å². The molecule has 1 aromatic carbocycles. The van der Waals surface area contributed by atoms with E-state index in [4.69, 9.17) is 21.1 Å². The van der Waals surface area contributed by atoms with Crippen molar-refractivity contribution >= 4 is 17.6 Å². The van der Waals surface area contributed by atoms with Crippen LogP contribution in [0.15, 0.2) is 12.1 Å². The Hall–Kier alpha value is -1.42. The van der Waals surface area contributed by atoms with Crippen molar-refractivity contribution in [2.75, 3.05) is 21.3 Å². The van der Waals surface area contributed by atoms with Crippen molar-refractivity contribution in [3.8, 4) is 11.5 Å². The van der Waals surface area contributed by atoms with E-state index in [2.05, 4.69) is 4.74 Å². The molecular formula is C12H15ClO4. The molecule has 0 bridgehead atoms. The topological polar surface area (TPSA) is 44.8 Å². The highest BCUT2D eigenvalue weighted by Gasteiger charge is 2.23. The van der Waals surface area contributed by atoms with E-state index in [1.54, 1.807) is 19.2 Å². The van der Waals surface area contributed by atoms with Crippen molar-refractivity contribution in [1.82, 2.24) is 0 Å². The Bertz CT molecular complexity index is 417. The summed E-state index contributed by atoms with van der Waals surface area (Å²) < 4.78 is 15.0. The summed E-state index contributed by atoms with van der Waals surface area (Å²) in [7, 11) is 4.36. The molecule has 1 unspecified atom stereocenters. The molecule has 0 aromatic heterocycles. The second-order valence-electron chi connectivity index (χ2n) is 3.45. The zero-order valence-corrected chi connectivity index (χ0v) is 11.0. The predicted octanol–water partition coefficient (Wildman–Crippen LogP) is 2.47. The average Bonchev–Trinajstić information content (AvgIpc) is 2.36. The Morgan fingerprint density at radius 1 is 1.18 bits per heavy atom. The number of rotatable bonds is 4. The number of carbonyl (C=O) groups excluding carboxylic acids is 1. The Labute approximate surface area is 105 Å². The molecule has 0 N–H and O–H groups in total. The van der Waals surface area contributed by atoms with Gasteiger partial charge in [0.1, 0.15) is 11.5 Å². The largest absolute Gasteiger partial charge is 0.496 e. The Morgan fingerprint density at radius 3 is 2.24 bits per heavy atom. The molecule has 0 aliphatic carbocycles. The molecule has 17 heavy (non-hydrogen) atoms. The average molecular weight is 259 g/mol. The second-order valence-corrected chi connectivity index (χ2v) is 3.89. The first kappa shape index (κ1) is 13.6. The monoisotopic (exact) mass is 258 g/mol. The number of esters is 1. The summed E-state index contributed by atoms with van der Waals surface area (Å²) in [6.07, 6.45) is 0. The van der Waals surface area contributed by atoms with E-state index in [-0.39, 0.29) is 0 Å². The minimum atomic E-state index is -0.913. The first-order chi connectivity index (χ1) is 8.04. The minimum Gasteiger partial charge on any atom is -0.496 e. The highest BCUT2D eigenvalue weighted by atomic mass is 35.5. The Kier molecular flexibility index (Phi) is 4.63. The number of alkyl halides is 1. The third-order valence-corrected chi connectivity index (χ3v) is 2.84. The van der Waals surface area contributed by atoms with Crippen LogP contribution in [0.25, 0.3) is 0 Å². The highest BCUT2D eigenvalue weighted by Crippen LogP contribution is 2.35. The van der Waals surface area contributed by atoms with E-state index in [0.717, 1.165) is 5.56 Å². The van der Waals surface area contributed by atoms with Gasteiger partial charge < -0.3 is 14.2 Å². The number of aryl methyl sites for hydroxylation is 1.